The highest BCUT2D eigenvalue weighted by atomic mass is 32.2. The lowest BCUT2D eigenvalue weighted by Gasteiger charge is -2.24. The third kappa shape index (κ3) is 5.03. The molecule has 3 aromatic rings. The molecule has 1 aliphatic rings. The van der Waals surface area contributed by atoms with Crippen molar-refractivity contribution >= 4 is 27.3 Å². The molecular formula is C25H29N3O3S2. The SMILES string of the molecule is Cc1cc(C)c(S(=O)(=O)N2CCCC2C(=O)NCCc2csc(-c3ccccc3)n2)cc1C. The molecule has 33 heavy (non-hydrogen) atoms. The van der Waals surface area contributed by atoms with E-state index in [0.29, 0.717) is 42.8 Å². The molecular weight excluding hydrogens is 454 g/mol. The second-order valence-corrected chi connectivity index (χ2v) is 11.2. The minimum atomic E-state index is -3.75. The largest absolute Gasteiger partial charge is 0.354 e. The Morgan fingerprint density at radius 2 is 1.85 bits per heavy atom. The summed E-state index contributed by atoms with van der Waals surface area (Å²) in [5.41, 5.74) is 4.69. The Hall–Kier alpha value is -2.55. The van der Waals surface area contributed by atoms with E-state index < -0.39 is 16.1 Å². The standard InChI is InChI=1S/C25H29N3O3S2/c1-17-14-19(3)23(15-18(17)2)33(30,31)28-13-7-10-22(28)24(29)26-12-11-21-16-32-25(27-21)20-8-5-4-6-9-20/h4-6,8-9,14-16,22H,7,10-13H2,1-3H3,(H,26,29). The molecule has 2 aromatic carbocycles. The minimum Gasteiger partial charge on any atom is -0.354 e. The smallest absolute Gasteiger partial charge is 0.244 e. The number of amides is 1. The van der Waals surface area contributed by atoms with Gasteiger partial charge in [0.15, 0.2) is 0 Å². The average molecular weight is 484 g/mol. The highest BCUT2D eigenvalue weighted by molar-refractivity contribution is 7.89. The van der Waals surface area contributed by atoms with Crippen LogP contribution in [0.5, 0.6) is 0 Å². The van der Waals surface area contributed by atoms with Gasteiger partial charge in [-0.25, -0.2) is 13.4 Å². The summed E-state index contributed by atoms with van der Waals surface area (Å²) in [6.07, 6.45) is 1.81. The minimum absolute atomic E-state index is 0.240. The molecule has 1 N–H and O–H groups in total. The van der Waals surface area contributed by atoms with E-state index in [0.717, 1.165) is 27.4 Å². The molecule has 1 atom stereocenters. The Kier molecular flexibility index (Phi) is 6.97. The number of nitrogens with zero attached hydrogens (tertiary/aromatic N) is 2. The molecule has 6 nitrogen and oxygen atoms in total. The molecule has 1 amide bonds. The highest BCUT2D eigenvalue weighted by Gasteiger charge is 2.40. The molecule has 1 saturated heterocycles. The van der Waals surface area contributed by atoms with Crippen molar-refractivity contribution in [2.45, 2.75) is 51.0 Å². The summed E-state index contributed by atoms with van der Waals surface area (Å²) in [7, 11) is -3.75. The maximum atomic E-state index is 13.4. The fraction of sp³-hybridized carbons (Fsp3) is 0.360. The van der Waals surface area contributed by atoms with Crippen molar-refractivity contribution in [3.63, 3.8) is 0 Å². The molecule has 1 aliphatic heterocycles. The lowest BCUT2D eigenvalue weighted by molar-refractivity contribution is -0.124. The summed E-state index contributed by atoms with van der Waals surface area (Å²) in [6.45, 7) is 6.46. The van der Waals surface area contributed by atoms with Gasteiger partial charge >= 0.3 is 0 Å². The number of hydrogen-bond donors (Lipinski definition) is 1. The van der Waals surface area contributed by atoms with Crippen LogP contribution in [0, 0.1) is 20.8 Å². The van der Waals surface area contributed by atoms with Crippen molar-refractivity contribution in [3.8, 4) is 10.6 Å². The Balaban J connectivity index is 1.40. The Bertz CT molecular complexity index is 1250. The van der Waals surface area contributed by atoms with Crippen molar-refractivity contribution in [2.24, 2.45) is 0 Å². The molecule has 0 saturated carbocycles. The van der Waals surface area contributed by atoms with Gasteiger partial charge < -0.3 is 5.32 Å². The van der Waals surface area contributed by atoms with Gasteiger partial charge in [0, 0.05) is 30.5 Å². The predicted octanol–water partition coefficient (Wildman–Crippen LogP) is 4.25. The van der Waals surface area contributed by atoms with E-state index in [1.54, 1.807) is 17.4 Å². The first-order chi connectivity index (χ1) is 15.8. The molecule has 0 radical (unpaired) electrons. The van der Waals surface area contributed by atoms with Crippen LogP contribution < -0.4 is 5.32 Å². The van der Waals surface area contributed by atoms with E-state index in [9.17, 15) is 13.2 Å². The van der Waals surface area contributed by atoms with Crippen molar-refractivity contribution in [1.29, 1.82) is 0 Å². The molecule has 1 aromatic heterocycles. The van der Waals surface area contributed by atoms with E-state index in [2.05, 4.69) is 10.3 Å². The summed E-state index contributed by atoms with van der Waals surface area (Å²) >= 11 is 1.58. The molecule has 1 unspecified atom stereocenters. The topological polar surface area (TPSA) is 79.4 Å². The van der Waals surface area contributed by atoms with Crippen LogP contribution in [-0.4, -0.2) is 42.7 Å². The second kappa shape index (κ2) is 9.75. The first-order valence-corrected chi connectivity index (χ1v) is 13.5. The van der Waals surface area contributed by atoms with E-state index >= 15 is 0 Å². The highest BCUT2D eigenvalue weighted by Crippen LogP contribution is 2.29. The summed E-state index contributed by atoms with van der Waals surface area (Å²) in [5, 5.41) is 5.89. The number of sulfonamides is 1. The number of rotatable bonds is 7. The number of aryl methyl sites for hydroxylation is 3. The molecule has 0 bridgehead atoms. The third-order valence-corrected chi connectivity index (χ3v) is 9.13. The lowest BCUT2D eigenvalue weighted by atomic mass is 10.1. The molecule has 4 rings (SSSR count). The van der Waals surface area contributed by atoms with Crippen molar-refractivity contribution in [2.75, 3.05) is 13.1 Å². The number of carbonyl (C=O) groups is 1. The number of nitrogens with one attached hydrogen (secondary N) is 1. The third-order valence-electron chi connectivity index (χ3n) is 6.14. The molecule has 1 fully saturated rings. The van der Waals surface area contributed by atoms with Crippen molar-refractivity contribution < 1.29 is 13.2 Å². The second-order valence-electron chi connectivity index (χ2n) is 8.53. The fourth-order valence-corrected chi connectivity index (χ4v) is 7.00. The van der Waals surface area contributed by atoms with E-state index in [4.69, 9.17) is 0 Å². The van der Waals surface area contributed by atoms with E-state index in [-0.39, 0.29) is 5.91 Å². The van der Waals surface area contributed by atoms with Gasteiger partial charge in [-0.15, -0.1) is 11.3 Å². The number of aromatic nitrogens is 1. The van der Waals surface area contributed by atoms with Crippen LogP contribution in [0.15, 0.2) is 52.7 Å². The fourth-order valence-electron chi connectivity index (χ4n) is 4.19. The van der Waals surface area contributed by atoms with Crippen LogP contribution in [0.1, 0.15) is 35.2 Å². The molecule has 0 spiro atoms. The van der Waals surface area contributed by atoms with Gasteiger partial charge in [-0.1, -0.05) is 36.4 Å². The quantitative estimate of drug-likeness (QED) is 0.545. The number of benzene rings is 2. The molecule has 0 aliphatic carbocycles. The van der Waals surface area contributed by atoms with Crippen LogP contribution in [0.25, 0.3) is 10.6 Å². The van der Waals surface area contributed by atoms with E-state index in [1.165, 1.54) is 4.31 Å². The zero-order valence-corrected chi connectivity index (χ0v) is 20.8. The van der Waals surface area contributed by atoms with E-state index in [1.807, 2.05) is 62.5 Å². The summed E-state index contributed by atoms with van der Waals surface area (Å²) in [4.78, 5) is 17.9. The van der Waals surface area contributed by atoms with Crippen LogP contribution in [0.4, 0.5) is 0 Å². The molecule has 2 heterocycles. The summed E-state index contributed by atoms with van der Waals surface area (Å²) in [6, 6.07) is 12.9. The summed E-state index contributed by atoms with van der Waals surface area (Å²) in [5.74, 6) is -0.240. The van der Waals surface area contributed by atoms with Crippen molar-refractivity contribution in [1.82, 2.24) is 14.6 Å². The lowest BCUT2D eigenvalue weighted by Crippen LogP contribution is -2.46. The normalized spacial score (nSPS) is 16.8. The maximum Gasteiger partial charge on any atom is 0.244 e. The van der Waals surface area contributed by atoms with Gasteiger partial charge in [-0.05, 0) is 56.4 Å². The van der Waals surface area contributed by atoms with Gasteiger partial charge in [0.1, 0.15) is 11.0 Å². The number of carbonyl (C=O) groups excluding carboxylic acids is 1. The van der Waals surface area contributed by atoms with Crippen LogP contribution >= 0.6 is 11.3 Å². The number of thiazole rings is 1. The first kappa shape index (κ1) is 23.6. The Labute approximate surface area is 199 Å². The van der Waals surface area contributed by atoms with Crippen LogP contribution in [0.3, 0.4) is 0 Å². The van der Waals surface area contributed by atoms with Crippen LogP contribution in [-0.2, 0) is 21.2 Å². The number of hydrogen-bond acceptors (Lipinski definition) is 5. The Morgan fingerprint density at radius 3 is 2.61 bits per heavy atom. The first-order valence-electron chi connectivity index (χ1n) is 11.1. The monoisotopic (exact) mass is 483 g/mol. The van der Waals surface area contributed by atoms with Gasteiger partial charge in [0.05, 0.1) is 10.6 Å². The zero-order chi connectivity index (χ0) is 23.6. The Morgan fingerprint density at radius 1 is 1.12 bits per heavy atom. The predicted molar refractivity (Wildman–Crippen MR) is 132 cm³/mol. The van der Waals surface area contributed by atoms with Gasteiger partial charge in [0.2, 0.25) is 15.9 Å². The van der Waals surface area contributed by atoms with Gasteiger partial charge in [-0.3, -0.25) is 4.79 Å². The summed E-state index contributed by atoms with van der Waals surface area (Å²) < 4.78 is 28.2. The molecule has 8 heteroatoms. The van der Waals surface area contributed by atoms with Gasteiger partial charge in [-0.2, -0.15) is 4.31 Å². The average Bonchev–Trinajstić information content (AvgIpc) is 3.47. The van der Waals surface area contributed by atoms with Crippen molar-refractivity contribution in [3.05, 3.63) is 70.2 Å². The van der Waals surface area contributed by atoms with Crippen LogP contribution in [0.2, 0.25) is 0 Å². The molecule has 174 valence electrons. The zero-order valence-electron chi connectivity index (χ0n) is 19.2. The van der Waals surface area contributed by atoms with Gasteiger partial charge in [0.25, 0.3) is 0 Å². The maximum absolute atomic E-state index is 13.4.